The average molecular weight is 271 g/mol. The Morgan fingerprint density at radius 1 is 1.40 bits per heavy atom. The molecule has 0 radical (unpaired) electrons. The van der Waals surface area contributed by atoms with Gasteiger partial charge in [-0.2, -0.15) is 0 Å². The monoisotopic (exact) mass is 271 g/mol. The van der Waals surface area contributed by atoms with E-state index in [0.717, 1.165) is 12.0 Å². The lowest BCUT2D eigenvalue weighted by molar-refractivity contribution is 0.0933. The summed E-state index contributed by atoms with van der Waals surface area (Å²) in [7, 11) is 0. The lowest BCUT2D eigenvalue weighted by Crippen LogP contribution is -2.40. The highest BCUT2D eigenvalue weighted by molar-refractivity contribution is 5.94. The van der Waals surface area contributed by atoms with E-state index in [0.29, 0.717) is 11.3 Å². The van der Waals surface area contributed by atoms with Gasteiger partial charge in [0.05, 0.1) is 24.2 Å². The molecule has 20 heavy (non-hydrogen) atoms. The first-order chi connectivity index (χ1) is 9.69. The maximum Gasteiger partial charge on any atom is 0.254 e. The highest BCUT2D eigenvalue weighted by Crippen LogP contribution is 2.29. The molecule has 0 bridgehead atoms. The molecule has 0 spiro atoms. The van der Waals surface area contributed by atoms with E-state index < -0.39 is 0 Å². The standard InChI is InChI=1S/C15H17N3O2/c16-7-11-5-10(8-20-11)15(19)18-13-6-9-3-1-2-4-12(9)14(13)17/h1-5,8,13-14H,6-7,16-17H2,(H,18,19)/t13-,14-/m1/s1. The fourth-order valence-electron chi connectivity index (χ4n) is 2.63. The number of amides is 1. The molecule has 1 aliphatic carbocycles. The fraction of sp³-hybridized carbons (Fsp3) is 0.267. The van der Waals surface area contributed by atoms with Crippen molar-refractivity contribution in [1.82, 2.24) is 5.32 Å². The van der Waals surface area contributed by atoms with Crippen molar-refractivity contribution in [2.45, 2.75) is 25.0 Å². The molecule has 1 aliphatic rings. The smallest absolute Gasteiger partial charge is 0.254 e. The first-order valence-corrected chi connectivity index (χ1v) is 6.60. The van der Waals surface area contributed by atoms with Crippen molar-refractivity contribution >= 4 is 5.91 Å². The van der Waals surface area contributed by atoms with E-state index in [9.17, 15) is 4.79 Å². The van der Waals surface area contributed by atoms with Crippen LogP contribution in [0.1, 0.15) is 33.3 Å². The minimum atomic E-state index is -0.179. The SMILES string of the molecule is NCc1cc(C(=O)N[C@@H]2Cc3ccccc3[C@H]2N)co1. The van der Waals surface area contributed by atoms with Gasteiger partial charge in [-0.1, -0.05) is 24.3 Å². The summed E-state index contributed by atoms with van der Waals surface area (Å²) >= 11 is 0. The van der Waals surface area contributed by atoms with Gasteiger partial charge in [0.25, 0.3) is 5.91 Å². The van der Waals surface area contributed by atoms with Gasteiger partial charge in [-0.05, 0) is 23.6 Å². The maximum absolute atomic E-state index is 12.2. The Kier molecular flexibility index (Phi) is 3.30. The van der Waals surface area contributed by atoms with Gasteiger partial charge in [0, 0.05) is 0 Å². The zero-order valence-electron chi connectivity index (χ0n) is 11.0. The minimum Gasteiger partial charge on any atom is -0.467 e. The van der Waals surface area contributed by atoms with E-state index in [1.807, 2.05) is 24.3 Å². The largest absolute Gasteiger partial charge is 0.467 e. The molecule has 1 heterocycles. The van der Waals surface area contributed by atoms with Crippen molar-refractivity contribution in [2.24, 2.45) is 11.5 Å². The summed E-state index contributed by atoms with van der Waals surface area (Å²) in [5, 5.41) is 2.96. The number of carbonyl (C=O) groups is 1. The molecule has 1 aromatic heterocycles. The summed E-state index contributed by atoms with van der Waals surface area (Å²) in [4.78, 5) is 12.2. The van der Waals surface area contributed by atoms with Gasteiger partial charge < -0.3 is 21.2 Å². The van der Waals surface area contributed by atoms with E-state index in [-0.39, 0.29) is 24.5 Å². The first kappa shape index (κ1) is 12.9. The third-order valence-corrected chi connectivity index (χ3v) is 3.72. The van der Waals surface area contributed by atoms with Gasteiger partial charge in [0.2, 0.25) is 0 Å². The van der Waals surface area contributed by atoms with Gasteiger partial charge in [-0.25, -0.2) is 0 Å². The van der Waals surface area contributed by atoms with Crippen LogP contribution in [0.25, 0.3) is 0 Å². The lowest BCUT2D eigenvalue weighted by atomic mass is 10.1. The predicted octanol–water partition coefficient (Wildman–Crippen LogP) is 1.09. The number of furan rings is 1. The van der Waals surface area contributed by atoms with Crippen LogP contribution in [-0.4, -0.2) is 11.9 Å². The van der Waals surface area contributed by atoms with Crippen LogP contribution in [0.2, 0.25) is 0 Å². The quantitative estimate of drug-likeness (QED) is 0.779. The van der Waals surface area contributed by atoms with Crippen LogP contribution in [0.5, 0.6) is 0 Å². The van der Waals surface area contributed by atoms with Gasteiger partial charge in [-0.15, -0.1) is 0 Å². The Morgan fingerprint density at radius 3 is 2.90 bits per heavy atom. The van der Waals surface area contributed by atoms with Crippen molar-refractivity contribution in [3.63, 3.8) is 0 Å². The lowest BCUT2D eigenvalue weighted by Gasteiger charge is -2.17. The number of hydrogen-bond donors (Lipinski definition) is 3. The molecule has 3 rings (SSSR count). The molecule has 5 heteroatoms. The molecule has 0 fully saturated rings. The second-order valence-electron chi connectivity index (χ2n) is 5.01. The highest BCUT2D eigenvalue weighted by Gasteiger charge is 2.30. The number of nitrogens with two attached hydrogens (primary N) is 2. The molecule has 5 nitrogen and oxygen atoms in total. The van der Waals surface area contributed by atoms with Crippen molar-refractivity contribution < 1.29 is 9.21 Å². The van der Waals surface area contributed by atoms with Crippen LogP contribution in [0.4, 0.5) is 0 Å². The first-order valence-electron chi connectivity index (χ1n) is 6.60. The van der Waals surface area contributed by atoms with Crippen molar-refractivity contribution in [3.8, 4) is 0 Å². The Bertz CT molecular complexity index is 636. The molecule has 0 saturated heterocycles. The van der Waals surface area contributed by atoms with E-state index in [4.69, 9.17) is 15.9 Å². The Balaban J connectivity index is 1.72. The highest BCUT2D eigenvalue weighted by atomic mass is 16.3. The van der Waals surface area contributed by atoms with Crippen molar-refractivity contribution in [2.75, 3.05) is 0 Å². The number of hydrogen-bond acceptors (Lipinski definition) is 4. The summed E-state index contributed by atoms with van der Waals surface area (Å²) in [6.07, 6.45) is 2.18. The topological polar surface area (TPSA) is 94.3 Å². The molecule has 1 amide bonds. The fourth-order valence-corrected chi connectivity index (χ4v) is 2.63. The van der Waals surface area contributed by atoms with Crippen LogP contribution in [0, 0.1) is 0 Å². The van der Waals surface area contributed by atoms with Crippen LogP contribution in [0.3, 0.4) is 0 Å². The van der Waals surface area contributed by atoms with Crippen LogP contribution in [-0.2, 0) is 13.0 Å². The van der Waals surface area contributed by atoms with E-state index in [2.05, 4.69) is 5.32 Å². The third kappa shape index (κ3) is 2.21. The Morgan fingerprint density at radius 2 is 2.20 bits per heavy atom. The average Bonchev–Trinajstić information content (AvgIpc) is 3.05. The predicted molar refractivity (Wildman–Crippen MR) is 74.9 cm³/mol. The molecule has 5 N–H and O–H groups in total. The van der Waals surface area contributed by atoms with Gasteiger partial charge >= 0.3 is 0 Å². The molecule has 0 aliphatic heterocycles. The number of carbonyl (C=O) groups excluding carboxylic acids is 1. The molecule has 1 aromatic carbocycles. The Hall–Kier alpha value is -2.11. The van der Waals surface area contributed by atoms with Crippen molar-refractivity contribution in [1.29, 1.82) is 0 Å². The van der Waals surface area contributed by atoms with Gasteiger partial charge in [-0.3, -0.25) is 4.79 Å². The molecule has 2 aromatic rings. The number of rotatable bonds is 3. The van der Waals surface area contributed by atoms with Gasteiger partial charge in [0.1, 0.15) is 12.0 Å². The van der Waals surface area contributed by atoms with E-state index in [1.54, 1.807) is 6.07 Å². The van der Waals surface area contributed by atoms with E-state index in [1.165, 1.54) is 11.8 Å². The van der Waals surface area contributed by atoms with Crippen molar-refractivity contribution in [3.05, 3.63) is 59.0 Å². The molecule has 104 valence electrons. The normalized spacial score (nSPS) is 20.7. The number of benzene rings is 1. The summed E-state index contributed by atoms with van der Waals surface area (Å²) in [5.74, 6) is 0.413. The molecular weight excluding hydrogens is 254 g/mol. The van der Waals surface area contributed by atoms with E-state index >= 15 is 0 Å². The second kappa shape index (κ2) is 5.11. The Labute approximate surface area is 116 Å². The number of nitrogens with one attached hydrogen (secondary N) is 1. The molecular formula is C15H17N3O2. The molecule has 0 unspecified atom stereocenters. The summed E-state index contributed by atoms with van der Waals surface area (Å²) < 4.78 is 5.17. The number of fused-ring (bicyclic) bond motifs is 1. The zero-order chi connectivity index (χ0) is 14.1. The third-order valence-electron chi connectivity index (χ3n) is 3.72. The summed E-state index contributed by atoms with van der Waals surface area (Å²) in [6.45, 7) is 0.279. The summed E-state index contributed by atoms with van der Waals surface area (Å²) in [5.41, 5.74) is 14.4. The maximum atomic E-state index is 12.2. The van der Waals surface area contributed by atoms with Crippen LogP contribution in [0.15, 0.2) is 41.0 Å². The van der Waals surface area contributed by atoms with Crippen LogP contribution < -0.4 is 16.8 Å². The minimum absolute atomic E-state index is 0.0869. The summed E-state index contributed by atoms with van der Waals surface area (Å²) in [6, 6.07) is 9.41. The van der Waals surface area contributed by atoms with Crippen LogP contribution >= 0.6 is 0 Å². The van der Waals surface area contributed by atoms with Gasteiger partial charge in [0.15, 0.2) is 0 Å². The molecule has 2 atom stereocenters. The molecule has 0 saturated carbocycles. The zero-order valence-corrected chi connectivity index (χ0v) is 11.0. The second-order valence-corrected chi connectivity index (χ2v) is 5.01.